The normalized spacial score (nSPS) is 9.23. The Kier molecular flexibility index (Phi) is 3.15. The summed E-state index contributed by atoms with van der Waals surface area (Å²) < 4.78 is 0. The van der Waals surface area contributed by atoms with Gasteiger partial charge in [0, 0.05) is 17.9 Å². The molecule has 68 valence electrons. The van der Waals surface area contributed by atoms with Gasteiger partial charge in [0.1, 0.15) is 0 Å². The van der Waals surface area contributed by atoms with Crippen LogP contribution in [0.2, 0.25) is 0 Å². The molecule has 0 aliphatic heterocycles. The summed E-state index contributed by atoms with van der Waals surface area (Å²) in [6, 6.07) is 7.81. The Balaban J connectivity index is 2.67. The molecule has 0 fully saturated rings. The molecule has 0 spiro atoms. The lowest BCUT2D eigenvalue weighted by Crippen LogP contribution is -2.03. The quantitative estimate of drug-likeness (QED) is 0.544. The Morgan fingerprint density at radius 3 is 3.00 bits per heavy atom. The third kappa shape index (κ3) is 2.38. The standard InChI is InChI=1S/C10H13N3/c1-8-9(12)4-2-5-10(8)13-7-3-6-11/h2,4-5,13H,3,7,12H2,1H3. The van der Waals surface area contributed by atoms with E-state index < -0.39 is 0 Å². The third-order valence-electron chi connectivity index (χ3n) is 1.93. The first-order valence-electron chi connectivity index (χ1n) is 4.21. The molecule has 0 aromatic heterocycles. The summed E-state index contributed by atoms with van der Waals surface area (Å²) >= 11 is 0. The van der Waals surface area contributed by atoms with Crippen LogP contribution in [0.4, 0.5) is 11.4 Å². The number of nitrogen functional groups attached to an aromatic ring is 1. The summed E-state index contributed by atoms with van der Waals surface area (Å²) in [5, 5.41) is 11.5. The zero-order chi connectivity index (χ0) is 9.68. The van der Waals surface area contributed by atoms with Gasteiger partial charge in [-0.3, -0.25) is 0 Å². The lowest BCUT2D eigenvalue weighted by atomic mass is 10.1. The van der Waals surface area contributed by atoms with E-state index in [-0.39, 0.29) is 0 Å². The molecule has 0 saturated carbocycles. The second kappa shape index (κ2) is 4.36. The summed E-state index contributed by atoms with van der Waals surface area (Å²) in [6.07, 6.45) is 0.508. The van der Waals surface area contributed by atoms with Crippen molar-refractivity contribution in [1.29, 1.82) is 5.26 Å². The highest BCUT2D eigenvalue weighted by atomic mass is 14.9. The highest BCUT2D eigenvalue weighted by Crippen LogP contribution is 2.19. The predicted octanol–water partition coefficient (Wildman–Crippen LogP) is 1.90. The smallest absolute Gasteiger partial charge is 0.0640 e. The fraction of sp³-hybridized carbons (Fsp3) is 0.300. The van der Waals surface area contributed by atoms with Gasteiger partial charge in [-0.05, 0) is 24.6 Å². The van der Waals surface area contributed by atoms with Gasteiger partial charge in [-0.15, -0.1) is 0 Å². The number of hydrogen-bond donors (Lipinski definition) is 2. The number of hydrogen-bond acceptors (Lipinski definition) is 3. The highest BCUT2D eigenvalue weighted by Gasteiger charge is 1.98. The van der Waals surface area contributed by atoms with Gasteiger partial charge in [-0.2, -0.15) is 5.26 Å². The van der Waals surface area contributed by atoms with Crippen LogP contribution < -0.4 is 11.1 Å². The van der Waals surface area contributed by atoms with Crippen molar-refractivity contribution >= 4 is 11.4 Å². The monoisotopic (exact) mass is 175 g/mol. The first-order chi connectivity index (χ1) is 6.25. The van der Waals surface area contributed by atoms with E-state index in [0.29, 0.717) is 13.0 Å². The molecule has 0 saturated heterocycles. The summed E-state index contributed by atoms with van der Waals surface area (Å²) in [5.74, 6) is 0. The zero-order valence-electron chi connectivity index (χ0n) is 7.67. The molecular formula is C10H13N3. The number of nitrogens with zero attached hydrogens (tertiary/aromatic N) is 1. The van der Waals surface area contributed by atoms with E-state index in [1.807, 2.05) is 25.1 Å². The topological polar surface area (TPSA) is 61.8 Å². The first-order valence-corrected chi connectivity index (χ1v) is 4.21. The summed E-state index contributed by atoms with van der Waals surface area (Å²) in [4.78, 5) is 0. The Hall–Kier alpha value is -1.69. The lowest BCUT2D eigenvalue weighted by molar-refractivity contribution is 1.07. The fourth-order valence-corrected chi connectivity index (χ4v) is 1.10. The van der Waals surface area contributed by atoms with Crippen molar-refractivity contribution in [3.05, 3.63) is 23.8 Å². The molecule has 0 heterocycles. The second-order valence-corrected chi connectivity index (χ2v) is 2.85. The van der Waals surface area contributed by atoms with Crippen molar-refractivity contribution in [2.75, 3.05) is 17.6 Å². The van der Waals surface area contributed by atoms with Crippen molar-refractivity contribution in [3.8, 4) is 6.07 Å². The van der Waals surface area contributed by atoms with E-state index >= 15 is 0 Å². The van der Waals surface area contributed by atoms with Gasteiger partial charge >= 0.3 is 0 Å². The lowest BCUT2D eigenvalue weighted by Gasteiger charge is -2.09. The molecule has 1 aromatic rings. The Labute approximate surface area is 78.2 Å². The van der Waals surface area contributed by atoms with Crippen LogP contribution in [-0.2, 0) is 0 Å². The summed E-state index contributed by atoms with van der Waals surface area (Å²) in [6.45, 7) is 2.63. The van der Waals surface area contributed by atoms with Gasteiger partial charge in [-0.25, -0.2) is 0 Å². The Morgan fingerprint density at radius 2 is 2.31 bits per heavy atom. The minimum absolute atomic E-state index is 0.508. The first kappa shape index (κ1) is 9.40. The van der Waals surface area contributed by atoms with Gasteiger partial charge in [-0.1, -0.05) is 6.07 Å². The van der Waals surface area contributed by atoms with E-state index in [0.717, 1.165) is 16.9 Å². The molecule has 3 heteroatoms. The molecule has 0 amide bonds. The minimum Gasteiger partial charge on any atom is -0.398 e. The molecule has 0 bridgehead atoms. The molecule has 0 aliphatic rings. The average molecular weight is 175 g/mol. The summed E-state index contributed by atoms with van der Waals surface area (Å²) in [5.41, 5.74) is 8.55. The molecule has 1 aromatic carbocycles. The van der Waals surface area contributed by atoms with Crippen LogP contribution in [0.3, 0.4) is 0 Å². The number of nitrogens with one attached hydrogen (secondary N) is 1. The molecule has 3 nitrogen and oxygen atoms in total. The van der Waals surface area contributed by atoms with Crippen molar-refractivity contribution in [2.45, 2.75) is 13.3 Å². The van der Waals surface area contributed by atoms with Crippen LogP contribution in [0.25, 0.3) is 0 Å². The van der Waals surface area contributed by atoms with Crippen LogP contribution in [0.1, 0.15) is 12.0 Å². The second-order valence-electron chi connectivity index (χ2n) is 2.85. The molecule has 1 rings (SSSR count). The number of rotatable bonds is 3. The van der Waals surface area contributed by atoms with Crippen LogP contribution in [-0.4, -0.2) is 6.54 Å². The minimum atomic E-state index is 0.508. The van der Waals surface area contributed by atoms with Crippen molar-refractivity contribution in [1.82, 2.24) is 0 Å². The van der Waals surface area contributed by atoms with Gasteiger partial charge in [0.05, 0.1) is 12.5 Å². The van der Waals surface area contributed by atoms with E-state index in [1.165, 1.54) is 0 Å². The molecule has 0 unspecified atom stereocenters. The molecule has 0 aliphatic carbocycles. The average Bonchev–Trinajstić information content (AvgIpc) is 2.13. The SMILES string of the molecule is Cc1c(N)cccc1NCCC#N. The van der Waals surface area contributed by atoms with Crippen LogP contribution in [0, 0.1) is 18.3 Å². The Bertz CT molecular complexity index is 325. The Morgan fingerprint density at radius 1 is 1.54 bits per heavy atom. The van der Waals surface area contributed by atoms with E-state index in [2.05, 4.69) is 11.4 Å². The number of nitrogens with two attached hydrogens (primary N) is 1. The van der Waals surface area contributed by atoms with E-state index in [9.17, 15) is 0 Å². The van der Waals surface area contributed by atoms with Crippen LogP contribution in [0.15, 0.2) is 18.2 Å². The zero-order valence-corrected chi connectivity index (χ0v) is 7.67. The molecular weight excluding hydrogens is 162 g/mol. The van der Waals surface area contributed by atoms with E-state index in [1.54, 1.807) is 0 Å². The number of anilines is 2. The maximum Gasteiger partial charge on any atom is 0.0640 e. The summed E-state index contributed by atoms with van der Waals surface area (Å²) in [7, 11) is 0. The van der Waals surface area contributed by atoms with Gasteiger partial charge in [0.2, 0.25) is 0 Å². The van der Waals surface area contributed by atoms with Crippen LogP contribution >= 0.6 is 0 Å². The predicted molar refractivity (Wildman–Crippen MR) is 54.3 cm³/mol. The van der Waals surface area contributed by atoms with Gasteiger partial charge in [0.25, 0.3) is 0 Å². The maximum absolute atomic E-state index is 8.35. The molecule has 0 atom stereocenters. The third-order valence-corrected chi connectivity index (χ3v) is 1.93. The molecule has 3 N–H and O–H groups in total. The molecule has 13 heavy (non-hydrogen) atoms. The van der Waals surface area contributed by atoms with Crippen molar-refractivity contribution in [3.63, 3.8) is 0 Å². The van der Waals surface area contributed by atoms with Gasteiger partial charge in [0.15, 0.2) is 0 Å². The molecule has 0 radical (unpaired) electrons. The van der Waals surface area contributed by atoms with Crippen molar-refractivity contribution in [2.24, 2.45) is 0 Å². The highest BCUT2D eigenvalue weighted by molar-refractivity contribution is 5.62. The van der Waals surface area contributed by atoms with Crippen molar-refractivity contribution < 1.29 is 0 Å². The fourth-order valence-electron chi connectivity index (χ4n) is 1.10. The maximum atomic E-state index is 8.35. The van der Waals surface area contributed by atoms with Gasteiger partial charge < -0.3 is 11.1 Å². The van der Waals surface area contributed by atoms with E-state index in [4.69, 9.17) is 11.0 Å². The van der Waals surface area contributed by atoms with Crippen LogP contribution in [0.5, 0.6) is 0 Å². The number of nitriles is 1. The number of benzene rings is 1. The largest absolute Gasteiger partial charge is 0.398 e.